The van der Waals surface area contributed by atoms with E-state index in [4.69, 9.17) is 9.47 Å². The SMILES string of the molecule is Cc1nc2c(nc1C)C1=C(CC2)OCO1. The molecular weight excluding hydrogens is 192 g/mol. The summed E-state index contributed by atoms with van der Waals surface area (Å²) in [5.41, 5.74) is 3.86. The number of aryl methyl sites for hydroxylation is 3. The van der Waals surface area contributed by atoms with Gasteiger partial charge in [-0.1, -0.05) is 0 Å². The van der Waals surface area contributed by atoms with Crippen LogP contribution in [0.5, 0.6) is 0 Å². The first-order chi connectivity index (χ1) is 7.25. The summed E-state index contributed by atoms with van der Waals surface area (Å²) in [6, 6.07) is 0. The van der Waals surface area contributed by atoms with Crippen molar-refractivity contribution in [3.05, 3.63) is 28.5 Å². The minimum Gasteiger partial charge on any atom is -0.458 e. The third kappa shape index (κ3) is 1.21. The molecule has 3 rings (SSSR count). The van der Waals surface area contributed by atoms with Gasteiger partial charge in [0.2, 0.25) is 6.79 Å². The van der Waals surface area contributed by atoms with Crippen LogP contribution in [0.3, 0.4) is 0 Å². The van der Waals surface area contributed by atoms with Gasteiger partial charge in [0.15, 0.2) is 5.76 Å². The highest BCUT2D eigenvalue weighted by Gasteiger charge is 2.28. The van der Waals surface area contributed by atoms with Gasteiger partial charge in [0, 0.05) is 6.42 Å². The third-order valence-corrected chi connectivity index (χ3v) is 2.87. The molecule has 0 N–H and O–H groups in total. The first kappa shape index (κ1) is 8.71. The second-order valence-corrected chi connectivity index (χ2v) is 3.85. The van der Waals surface area contributed by atoms with E-state index >= 15 is 0 Å². The average Bonchev–Trinajstić information content (AvgIpc) is 2.68. The lowest BCUT2D eigenvalue weighted by atomic mass is 10.0. The lowest BCUT2D eigenvalue weighted by Gasteiger charge is -2.15. The molecule has 0 saturated carbocycles. The van der Waals surface area contributed by atoms with Crippen molar-refractivity contribution in [1.29, 1.82) is 0 Å². The summed E-state index contributed by atoms with van der Waals surface area (Å²) in [6.07, 6.45) is 1.77. The smallest absolute Gasteiger partial charge is 0.230 e. The van der Waals surface area contributed by atoms with Crippen LogP contribution in [0.25, 0.3) is 5.76 Å². The van der Waals surface area contributed by atoms with E-state index in [1.54, 1.807) is 0 Å². The van der Waals surface area contributed by atoms with Crippen molar-refractivity contribution < 1.29 is 9.47 Å². The molecule has 0 amide bonds. The fraction of sp³-hybridized carbons (Fsp3) is 0.455. The molecule has 0 atom stereocenters. The molecule has 1 aliphatic heterocycles. The van der Waals surface area contributed by atoms with Gasteiger partial charge in [-0.3, -0.25) is 4.98 Å². The number of allylic oxidation sites excluding steroid dienone is 1. The van der Waals surface area contributed by atoms with E-state index in [2.05, 4.69) is 9.97 Å². The Morgan fingerprint density at radius 3 is 2.67 bits per heavy atom. The van der Waals surface area contributed by atoms with Gasteiger partial charge in [-0.2, -0.15) is 0 Å². The standard InChI is InChI=1S/C11H12N2O2/c1-6-7(2)13-10-8(12-6)3-4-9-11(10)15-5-14-9/h3-5H2,1-2H3. The fourth-order valence-corrected chi connectivity index (χ4v) is 1.93. The third-order valence-electron chi connectivity index (χ3n) is 2.87. The predicted molar refractivity (Wildman–Crippen MR) is 53.8 cm³/mol. The summed E-state index contributed by atoms with van der Waals surface area (Å²) in [5, 5.41) is 0. The maximum atomic E-state index is 5.43. The Morgan fingerprint density at radius 1 is 1.00 bits per heavy atom. The predicted octanol–water partition coefficient (Wildman–Crippen LogP) is 1.71. The van der Waals surface area contributed by atoms with Crippen LogP contribution in [0, 0.1) is 13.8 Å². The van der Waals surface area contributed by atoms with Gasteiger partial charge in [-0.05, 0) is 20.3 Å². The summed E-state index contributed by atoms with van der Waals surface area (Å²) >= 11 is 0. The topological polar surface area (TPSA) is 44.2 Å². The molecule has 2 heterocycles. The van der Waals surface area contributed by atoms with Crippen molar-refractivity contribution >= 4 is 5.76 Å². The first-order valence-electron chi connectivity index (χ1n) is 5.09. The van der Waals surface area contributed by atoms with Gasteiger partial charge in [0.05, 0.1) is 17.1 Å². The van der Waals surface area contributed by atoms with E-state index < -0.39 is 0 Å². The van der Waals surface area contributed by atoms with Crippen molar-refractivity contribution in [2.75, 3.05) is 6.79 Å². The van der Waals surface area contributed by atoms with Gasteiger partial charge in [0.1, 0.15) is 11.5 Å². The summed E-state index contributed by atoms with van der Waals surface area (Å²) in [4.78, 5) is 9.07. The number of rotatable bonds is 0. The van der Waals surface area contributed by atoms with Crippen LogP contribution in [-0.2, 0) is 15.9 Å². The Hall–Kier alpha value is -1.58. The molecule has 1 aromatic heterocycles. The molecule has 2 aliphatic rings. The van der Waals surface area contributed by atoms with Crippen molar-refractivity contribution in [2.24, 2.45) is 0 Å². The van der Waals surface area contributed by atoms with Gasteiger partial charge < -0.3 is 9.47 Å². The van der Waals surface area contributed by atoms with Crippen molar-refractivity contribution in [1.82, 2.24) is 9.97 Å². The number of ether oxygens (including phenoxy) is 2. The molecular formula is C11H12N2O2. The Labute approximate surface area is 88.0 Å². The molecule has 4 heteroatoms. The van der Waals surface area contributed by atoms with Crippen LogP contribution in [0.2, 0.25) is 0 Å². The highest BCUT2D eigenvalue weighted by Crippen LogP contribution is 2.34. The summed E-state index contributed by atoms with van der Waals surface area (Å²) < 4.78 is 10.8. The second-order valence-electron chi connectivity index (χ2n) is 3.85. The molecule has 4 nitrogen and oxygen atoms in total. The maximum absolute atomic E-state index is 5.43. The summed E-state index contributed by atoms with van der Waals surface area (Å²) in [6.45, 7) is 4.27. The molecule has 0 radical (unpaired) electrons. The van der Waals surface area contributed by atoms with Crippen LogP contribution in [0.4, 0.5) is 0 Å². The van der Waals surface area contributed by atoms with Crippen LogP contribution in [-0.4, -0.2) is 16.8 Å². The van der Waals surface area contributed by atoms with Crippen LogP contribution in [0.1, 0.15) is 29.2 Å². The molecule has 1 aliphatic carbocycles. The van der Waals surface area contributed by atoms with E-state index in [9.17, 15) is 0 Å². The molecule has 0 spiro atoms. The molecule has 15 heavy (non-hydrogen) atoms. The largest absolute Gasteiger partial charge is 0.458 e. The van der Waals surface area contributed by atoms with Crippen molar-refractivity contribution in [3.63, 3.8) is 0 Å². The van der Waals surface area contributed by atoms with E-state index in [0.717, 1.165) is 47.1 Å². The number of nitrogens with zero attached hydrogens (tertiary/aromatic N) is 2. The maximum Gasteiger partial charge on any atom is 0.230 e. The zero-order chi connectivity index (χ0) is 10.4. The van der Waals surface area contributed by atoms with Crippen LogP contribution >= 0.6 is 0 Å². The minimum atomic E-state index is 0.318. The molecule has 0 aromatic carbocycles. The van der Waals surface area contributed by atoms with E-state index in [-0.39, 0.29) is 0 Å². The first-order valence-corrected chi connectivity index (χ1v) is 5.09. The zero-order valence-corrected chi connectivity index (χ0v) is 8.83. The Balaban J connectivity index is 2.19. The molecule has 0 bridgehead atoms. The van der Waals surface area contributed by atoms with E-state index in [0.29, 0.717) is 6.79 Å². The minimum absolute atomic E-state index is 0.318. The van der Waals surface area contributed by atoms with Crippen LogP contribution in [0.15, 0.2) is 5.76 Å². The van der Waals surface area contributed by atoms with Gasteiger partial charge in [0.25, 0.3) is 0 Å². The number of hydrogen-bond donors (Lipinski definition) is 0. The lowest BCUT2D eigenvalue weighted by molar-refractivity contribution is 0.0851. The molecule has 0 saturated heterocycles. The number of aromatic nitrogens is 2. The summed E-state index contributed by atoms with van der Waals surface area (Å²) in [7, 11) is 0. The number of hydrogen-bond acceptors (Lipinski definition) is 4. The van der Waals surface area contributed by atoms with Crippen molar-refractivity contribution in [2.45, 2.75) is 26.7 Å². The van der Waals surface area contributed by atoms with E-state index in [1.165, 1.54) is 0 Å². The fourth-order valence-electron chi connectivity index (χ4n) is 1.93. The van der Waals surface area contributed by atoms with Gasteiger partial charge in [-0.25, -0.2) is 4.98 Å². The van der Waals surface area contributed by atoms with Crippen molar-refractivity contribution in [3.8, 4) is 0 Å². The molecule has 0 fully saturated rings. The average molecular weight is 204 g/mol. The quantitative estimate of drug-likeness (QED) is 0.645. The van der Waals surface area contributed by atoms with E-state index in [1.807, 2.05) is 13.8 Å². The Kier molecular flexibility index (Phi) is 1.71. The molecule has 1 aromatic rings. The Bertz CT molecular complexity index is 466. The monoisotopic (exact) mass is 204 g/mol. The van der Waals surface area contributed by atoms with Crippen LogP contribution < -0.4 is 0 Å². The Morgan fingerprint density at radius 2 is 1.80 bits per heavy atom. The zero-order valence-electron chi connectivity index (χ0n) is 8.83. The second kappa shape index (κ2) is 2.95. The van der Waals surface area contributed by atoms with Gasteiger partial charge in [-0.15, -0.1) is 0 Å². The molecule has 0 unspecified atom stereocenters. The summed E-state index contributed by atoms with van der Waals surface area (Å²) in [5.74, 6) is 1.73. The highest BCUT2D eigenvalue weighted by molar-refractivity contribution is 5.63. The highest BCUT2D eigenvalue weighted by atomic mass is 16.7. The lowest BCUT2D eigenvalue weighted by Crippen LogP contribution is -2.10. The molecule has 78 valence electrons. The van der Waals surface area contributed by atoms with Gasteiger partial charge >= 0.3 is 0 Å². The normalized spacial score (nSPS) is 18.0. The number of fused-ring (bicyclic) bond motifs is 2.